The van der Waals surface area contributed by atoms with Gasteiger partial charge in [-0.05, 0) is 24.3 Å². The second-order valence-corrected chi connectivity index (χ2v) is 3.51. The van der Waals surface area contributed by atoms with E-state index in [9.17, 15) is 0 Å². The van der Waals surface area contributed by atoms with Crippen molar-refractivity contribution >= 4 is 0 Å². The van der Waals surface area contributed by atoms with E-state index in [2.05, 4.69) is 16.0 Å². The minimum atomic E-state index is 0. The van der Waals surface area contributed by atoms with Crippen LogP contribution in [-0.4, -0.2) is 9.97 Å². The summed E-state index contributed by atoms with van der Waals surface area (Å²) in [4.78, 5) is 8.37. The van der Waals surface area contributed by atoms with Gasteiger partial charge in [-0.25, -0.2) is 0 Å². The maximum absolute atomic E-state index is 4.19. The SMILES string of the molecule is [Cu+].[c-]1ccccc1.c1ccc(-c2ccccn2)nc1. The monoisotopic (exact) mass is 296 g/mol. The number of benzene rings is 1. The van der Waals surface area contributed by atoms with Gasteiger partial charge in [0, 0.05) is 12.4 Å². The van der Waals surface area contributed by atoms with Gasteiger partial charge in [0.05, 0.1) is 11.4 Å². The molecular weight excluding hydrogens is 284 g/mol. The molecule has 0 saturated carbocycles. The van der Waals surface area contributed by atoms with Gasteiger partial charge in [0.15, 0.2) is 0 Å². The molecule has 0 fully saturated rings. The predicted molar refractivity (Wildman–Crippen MR) is 72.7 cm³/mol. The molecule has 0 atom stereocenters. The van der Waals surface area contributed by atoms with E-state index in [0.717, 1.165) is 11.4 Å². The zero-order valence-electron chi connectivity index (χ0n) is 10.2. The van der Waals surface area contributed by atoms with Gasteiger partial charge in [-0.15, -0.1) is 0 Å². The molecule has 2 nitrogen and oxygen atoms in total. The van der Waals surface area contributed by atoms with Gasteiger partial charge >= 0.3 is 17.1 Å². The van der Waals surface area contributed by atoms with Crippen molar-refractivity contribution in [2.45, 2.75) is 0 Å². The first-order valence-corrected chi connectivity index (χ1v) is 5.70. The van der Waals surface area contributed by atoms with E-state index in [-0.39, 0.29) is 17.1 Å². The van der Waals surface area contributed by atoms with Crippen molar-refractivity contribution in [1.82, 2.24) is 9.97 Å². The molecular formula is C16H13CuN2. The molecule has 3 heteroatoms. The molecule has 0 unspecified atom stereocenters. The number of rotatable bonds is 1. The maximum atomic E-state index is 4.19. The Morgan fingerprint density at radius 3 is 1.42 bits per heavy atom. The number of nitrogens with zero attached hydrogens (tertiary/aromatic N) is 2. The minimum Gasteiger partial charge on any atom is -0.255 e. The van der Waals surface area contributed by atoms with Gasteiger partial charge in [0.1, 0.15) is 0 Å². The van der Waals surface area contributed by atoms with E-state index in [4.69, 9.17) is 0 Å². The predicted octanol–water partition coefficient (Wildman–Crippen LogP) is 3.63. The molecule has 19 heavy (non-hydrogen) atoms. The van der Waals surface area contributed by atoms with Crippen molar-refractivity contribution in [1.29, 1.82) is 0 Å². The first-order chi connectivity index (χ1) is 8.97. The minimum absolute atomic E-state index is 0. The van der Waals surface area contributed by atoms with Crippen LogP contribution in [0.1, 0.15) is 0 Å². The van der Waals surface area contributed by atoms with Gasteiger partial charge in [-0.2, -0.15) is 36.4 Å². The first-order valence-electron chi connectivity index (χ1n) is 5.70. The molecule has 0 spiro atoms. The Labute approximate surface area is 124 Å². The van der Waals surface area contributed by atoms with Crippen LogP contribution in [0.5, 0.6) is 0 Å². The quantitative estimate of drug-likeness (QED) is 0.506. The first kappa shape index (κ1) is 15.1. The van der Waals surface area contributed by atoms with Gasteiger partial charge < -0.3 is 0 Å². The molecule has 98 valence electrons. The Bertz CT molecular complexity index is 477. The molecule has 0 aliphatic heterocycles. The summed E-state index contributed by atoms with van der Waals surface area (Å²) in [6, 6.07) is 24.1. The summed E-state index contributed by atoms with van der Waals surface area (Å²) in [6.07, 6.45) is 3.54. The molecule has 1 aromatic carbocycles. The molecule has 2 aromatic heterocycles. The summed E-state index contributed by atoms with van der Waals surface area (Å²) >= 11 is 0. The Morgan fingerprint density at radius 2 is 1.16 bits per heavy atom. The molecule has 3 aromatic rings. The molecule has 0 N–H and O–H groups in total. The van der Waals surface area contributed by atoms with Crippen LogP contribution in [0, 0.1) is 6.07 Å². The third-order valence-corrected chi connectivity index (χ3v) is 2.20. The van der Waals surface area contributed by atoms with Crippen LogP contribution in [0.2, 0.25) is 0 Å². The summed E-state index contributed by atoms with van der Waals surface area (Å²) in [6.45, 7) is 0. The maximum Gasteiger partial charge on any atom is 1.00 e. The van der Waals surface area contributed by atoms with Crippen molar-refractivity contribution in [3.8, 4) is 11.4 Å². The van der Waals surface area contributed by atoms with Crippen molar-refractivity contribution in [2.24, 2.45) is 0 Å². The Balaban J connectivity index is 0.000000220. The van der Waals surface area contributed by atoms with E-state index in [1.807, 2.05) is 66.7 Å². The van der Waals surface area contributed by atoms with Gasteiger partial charge in [0.2, 0.25) is 0 Å². The van der Waals surface area contributed by atoms with E-state index in [1.165, 1.54) is 0 Å². The Kier molecular flexibility index (Phi) is 7.18. The van der Waals surface area contributed by atoms with Crippen LogP contribution in [-0.2, 0) is 17.1 Å². The number of aromatic nitrogens is 2. The number of hydrogen-bond acceptors (Lipinski definition) is 2. The third kappa shape index (κ3) is 5.47. The molecule has 0 aliphatic carbocycles. The number of pyridine rings is 2. The molecule has 3 rings (SSSR count). The van der Waals surface area contributed by atoms with Crippen LogP contribution in [0.25, 0.3) is 11.4 Å². The van der Waals surface area contributed by atoms with Crippen LogP contribution in [0.4, 0.5) is 0 Å². The fourth-order valence-corrected chi connectivity index (χ4v) is 1.37. The van der Waals surface area contributed by atoms with Crippen LogP contribution >= 0.6 is 0 Å². The second kappa shape index (κ2) is 9.03. The van der Waals surface area contributed by atoms with E-state index < -0.39 is 0 Å². The summed E-state index contributed by atoms with van der Waals surface area (Å²) in [7, 11) is 0. The Morgan fingerprint density at radius 1 is 0.632 bits per heavy atom. The standard InChI is InChI=1S/C10H8N2.C6H5.Cu/c1-3-7-11-9(5-1)10-6-2-4-8-12-10;1-2-4-6-5-3-1;/h1-8H;1-5H;/q;-1;+1. The summed E-state index contributed by atoms with van der Waals surface area (Å²) in [5.74, 6) is 0. The summed E-state index contributed by atoms with van der Waals surface area (Å²) in [5, 5.41) is 0. The summed E-state index contributed by atoms with van der Waals surface area (Å²) in [5.41, 5.74) is 1.83. The average molecular weight is 297 g/mol. The molecule has 2 heterocycles. The summed E-state index contributed by atoms with van der Waals surface area (Å²) < 4.78 is 0. The van der Waals surface area contributed by atoms with Crippen molar-refractivity contribution in [3.05, 3.63) is 85.2 Å². The topological polar surface area (TPSA) is 25.8 Å². The van der Waals surface area contributed by atoms with Crippen molar-refractivity contribution in [2.75, 3.05) is 0 Å². The third-order valence-electron chi connectivity index (χ3n) is 2.20. The van der Waals surface area contributed by atoms with Gasteiger partial charge in [0.25, 0.3) is 0 Å². The van der Waals surface area contributed by atoms with Crippen molar-refractivity contribution in [3.63, 3.8) is 0 Å². The molecule has 0 aliphatic rings. The Hall–Kier alpha value is -1.96. The second-order valence-electron chi connectivity index (χ2n) is 3.51. The molecule has 0 saturated heterocycles. The zero-order chi connectivity index (χ0) is 12.5. The van der Waals surface area contributed by atoms with Crippen molar-refractivity contribution < 1.29 is 17.1 Å². The van der Waals surface area contributed by atoms with Crippen LogP contribution in [0.15, 0.2) is 79.1 Å². The fourth-order valence-electron chi connectivity index (χ4n) is 1.37. The van der Waals surface area contributed by atoms with E-state index >= 15 is 0 Å². The van der Waals surface area contributed by atoms with Gasteiger partial charge in [-0.3, -0.25) is 9.97 Å². The van der Waals surface area contributed by atoms with E-state index in [1.54, 1.807) is 12.4 Å². The smallest absolute Gasteiger partial charge is 0.255 e. The molecule has 0 amide bonds. The van der Waals surface area contributed by atoms with Crippen LogP contribution < -0.4 is 0 Å². The zero-order valence-corrected chi connectivity index (χ0v) is 11.1. The van der Waals surface area contributed by atoms with Gasteiger partial charge in [-0.1, -0.05) is 12.1 Å². The molecule has 0 radical (unpaired) electrons. The molecule has 0 bridgehead atoms. The van der Waals surface area contributed by atoms with Crippen LogP contribution in [0.3, 0.4) is 0 Å². The number of hydrogen-bond donors (Lipinski definition) is 0. The largest absolute Gasteiger partial charge is 1.00 e. The van der Waals surface area contributed by atoms with E-state index in [0.29, 0.717) is 0 Å². The fraction of sp³-hybridized carbons (Fsp3) is 0. The normalized spacial score (nSPS) is 8.63. The average Bonchev–Trinajstić information content (AvgIpc) is 2.51.